The van der Waals surface area contributed by atoms with Gasteiger partial charge in [-0.2, -0.15) is 0 Å². The number of carbonyl (C=O) groups is 1. The molecule has 3 nitrogen and oxygen atoms in total. The van der Waals surface area contributed by atoms with E-state index in [4.69, 9.17) is 0 Å². The molecule has 1 amide bonds. The Hall–Kier alpha value is -0.570. The van der Waals surface area contributed by atoms with E-state index in [1.54, 1.807) is 0 Å². The molecule has 2 rings (SSSR count). The molecular formula is C15H28N2O. The lowest BCUT2D eigenvalue weighted by Crippen LogP contribution is -2.45. The van der Waals surface area contributed by atoms with Crippen molar-refractivity contribution in [1.82, 2.24) is 10.2 Å². The third-order valence-electron chi connectivity index (χ3n) is 4.83. The van der Waals surface area contributed by atoms with Crippen molar-refractivity contribution in [3.63, 3.8) is 0 Å². The van der Waals surface area contributed by atoms with Crippen molar-refractivity contribution in [1.29, 1.82) is 0 Å². The average Bonchev–Trinajstić information content (AvgIpc) is 2.52. The maximum atomic E-state index is 12.6. The highest BCUT2D eigenvalue weighted by Crippen LogP contribution is 2.30. The number of nitrogens with one attached hydrogen (secondary N) is 1. The molecule has 0 aromatic carbocycles. The van der Waals surface area contributed by atoms with Gasteiger partial charge in [-0.25, -0.2) is 0 Å². The lowest BCUT2D eigenvalue weighted by molar-refractivity contribution is -0.135. The van der Waals surface area contributed by atoms with Gasteiger partial charge in [0.25, 0.3) is 0 Å². The zero-order chi connectivity index (χ0) is 13.2. The topological polar surface area (TPSA) is 32.3 Å². The van der Waals surface area contributed by atoms with Crippen LogP contribution in [-0.4, -0.2) is 28.6 Å². The van der Waals surface area contributed by atoms with Gasteiger partial charge in [0.1, 0.15) is 0 Å². The third kappa shape index (κ3) is 2.56. The molecule has 0 spiro atoms. The van der Waals surface area contributed by atoms with Gasteiger partial charge in [0.2, 0.25) is 5.91 Å². The standard InChI is InChI=1S/C15H28N2O/c1-4-15(3)14(18)17(12(2)16-15)13-10-8-6-5-7-9-11-13/h12-13,16H,4-11H2,1-3H3. The minimum Gasteiger partial charge on any atom is -0.323 e. The molecular weight excluding hydrogens is 224 g/mol. The third-order valence-corrected chi connectivity index (χ3v) is 4.83. The maximum Gasteiger partial charge on any atom is 0.244 e. The van der Waals surface area contributed by atoms with E-state index in [1.165, 1.54) is 44.9 Å². The molecule has 0 radical (unpaired) electrons. The van der Waals surface area contributed by atoms with Gasteiger partial charge in [0.05, 0.1) is 11.7 Å². The fraction of sp³-hybridized carbons (Fsp3) is 0.933. The van der Waals surface area contributed by atoms with Crippen LogP contribution in [0.5, 0.6) is 0 Å². The van der Waals surface area contributed by atoms with Crippen molar-refractivity contribution in [3.8, 4) is 0 Å². The van der Waals surface area contributed by atoms with Gasteiger partial charge in [-0.05, 0) is 33.1 Å². The first-order chi connectivity index (χ1) is 8.58. The SMILES string of the molecule is CCC1(C)NC(C)N(C2CCCCCCC2)C1=O. The van der Waals surface area contributed by atoms with Crippen molar-refractivity contribution < 1.29 is 4.79 Å². The summed E-state index contributed by atoms with van der Waals surface area (Å²) in [4.78, 5) is 14.8. The molecule has 2 fully saturated rings. The Bertz CT molecular complexity index is 297. The van der Waals surface area contributed by atoms with Gasteiger partial charge >= 0.3 is 0 Å². The van der Waals surface area contributed by atoms with E-state index in [-0.39, 0.29) is 11.7 Å². The van der Waals surface area contributed by atoms with E-state index in [9.17, 15) is 4.79 Å². The summed E-state index contributed by atoms with van der Waals surface area (Å²) in [7, 11) is 0. The lowest BCUT2D eigenvalue weighted by atomic mass is 9.94. The number of hydrogen-bond acceptors (Lipinski definition) is 2. The number of carbonyl (C=O) groups excluding carboxylic acids is 1. The first kappa shape index (κ1) is 13.9. The molecule has 3 heteroatoms. The second kappa shape index (κ2) is 5.60. The Balaban J connectivity index is 2.08. The Morgan fingerprint density at radius 1 is 1.22 bits per heavy atom. The second-order valence-electron chi connectivity index (χ2n) is 6.22. The summed E-state index contributed by atoms with van der Waals surface area (Å²) >= 11 is 0. The minimum absolute atomic E-state index is 0.201. The zero-order valence-electron chi connectivity index (χ0n) is 12.2. The van der Waals surface area contributed by atoms with Crippen LogP contribution >= 0.6 is 0 Å². The van der Waals surface area contributed by atoms with Gasteiger partial charge in [-0.3, -0.25) is 10.1 Å². The van der Waals surface area contributed by atoms with Gasteiger partial charge in [-0.1, -0.05) is 39.0 Å². The van der Waals surface area contributed by atoms with Gasteiger partial charge < -0.3 is 4.90 Å². The van der Waals surface area contributed by atoms with Crippen LogP contribution in [0, 0.1) is 0 Å². The predicted octanol–water partition coefficient (Wildman–Crippen LogP) is 3.05. The van der Waals surface area contributed by atoms with Crippen LogP contribution in [-0.2, 0) is 4.79 Å². The predicted molar refractivity (Wildman–Crippen MR) is 74.2 cm³/mol. The molecule has 2 aliphatic rings. The van der Waals surface area contributed by atoms with Crippen molar-refractivity contribution in [2.75, 3.05) is 0 Å². The quantitative estimate of drug-likeness (QED) is 0.819. The number of rotatable bonds is 2. The van der Waals surface area contributed by atoms with Crippen LogP contribution in [0.25, 0.3) is 0 Å². The molecule has 0 aromatic heterocycles. The van der Waals surface area contributed by atoms with Crippen molar-refractivity contribution >= 4 is 5.91 Å². The normalized spacial score (nSPS) is 35.6. The smallest absolute Gasteiger partial charge is 0.244 e. The summed E-state index contributed by atoms with van der Waals surface area (Å²) < 4.78 is 0. The average molecular weight is 252 g/mol. The summed E-state index contributed by atoms with van der Waals surface area (Å²) in [6.45, 7) is 6.28. The summed E-state index contributed by atoms with van der Waals surface area (Å²) in [5.41, 5.74) is -0.332. The highest BCUT2D eigenvalue weighted by molar-refractivity contribution is 5.88. The minimum atomic E-state index is -0.332. The Kier molecular flexibility index (Phi) is 4.31. The molecule has 2 unspecified atom stereocenters. The van der Waals surface area contributed by atoms with Crippen molar-refractivity contribution in [2.45, 2.75) is 89.9 Å². The molecule has 1 aliphatic heterocycles. The number of amides is 1. The fourth-order valence-corrected chi connectivity index (χ4v) is 3.50. The van der Waals surface area contributed by atoms with Crippen molar-refractivity contribution in [2.24, 2.45) is 0 Å². The zero-order valence-corrected chi connectivity index (χ0v) is 12.2. The Labute approximate surface area is 111 Å². The molecule has 1 saturated carbocycles. The second-order valence-corrected chi connectivity index (χ2v) is 6.22. The van der Waals surface area contributed by atoms with E-state index < -0.39 is 0 Å². The molecule has 0 bridgehead atoms. The van der Waals surface area contributed by atoms with Crippen LogP contribution in [0.3, 0.4) is 0 Å². The van der Waals surface area contributed by atoms with E-state index in [1.807, 2.05) is 0 Å². The molecule has 18 heavy (non-hydrogen) atoms. The molecule has 1 aliphatic carbocycles. The number of hydrogen-bond donors (Lipinski definition) is 1. The monoisotopic (exact) mass is 252 g/mol. The van der Waals surface area contributed by atoms with Gasteiger partial charge in [0, 0.05) is 6.04 Å². The Morgan fingerprint density at radius 2 is 1.78 bits per heavy atom. The van der Waals surface area contributed by atoms with Crippen LogP contribution < -0.4 is 5.32 Å². The Morgan fingerprint density at radius 3 is 2.28 bits per heavy atom. The summed E-state index contributed by atoms with van der Waals surface area (Å²) in [5, 5.41) is 3.49. The van der Waals surface area contributed by atoms with Crippen molar-refractivity contribution in [3.05, 3.63) is 0 Å². The van der Waals surface area contributed by atoms with E-state index >= 15 is 0 Å². The van der Waals surface area contributed by atoms with E-state index in [2.05, 4.69) is 31.0 Å². The highest BCUT2D eigenvalue weighted by Gasteiger charge is 2.47. The fourth-order valence-electron chi connectivity index (χ4n) is 3.50. The molecule has 1 heterocycles. The van der Waals surface area contributed by atoms with E-state index in [0.717, 1.165) is 6.42 Å². The summed E-state index contributed by atoms with van der Waals surface area (Å²) in [6.07, 6.45) is 10.1. The lowest BCUT2D eigenvalue weighted by Gasteiger charge is -2.32. The molecule has 1 saturated heterocycles. The van der Waals surface area contributed by atoms with Crippen LogP contribution in [0.4, 0.5) is 0 Å². The van der Waals surface area contributed by atoms with Crippen LogP contribution in [0.2, 0.25) is 0 Å². The molecule has 0 aromatic rings. The molecule has 104 valence electrons. The first-order valence-electron chi connectivity index (χ1n) is 7.69. The summed E-state index contributed by atoms with van der Waals surface area (Å²) in [6, 6.07) is 0.466. The van der Waals surface area contributed by atoms with Crippen LogP contribution in [0.15, 0.2) is 0 Å². The van der Waals surface area contributed by atoms with Gasteiger partial charge in [0.15, 0.2) is 0 Å². The molecule has 1 N–H and O–H groups in total. The maximum absolute atomic E-state index is 12.6. The largest absolute Gasteiger partial charge is 0.323 e. The molecule has 2 atom stereocenters. The van der Waals surface area contributed by atoms with E-state index in [0.29, 0.717) is 11.9 Å². The highest BCUT2D eigenvalue weighted by atomic mass is 16.2. The van der Waals surface area contributed by atoms with Gasteiger partial charge in [-0.15, -0.1) is 0 Å². The summed E-state index contributed by atoms with van der Waals surface area (Å²) in [5.74, 6) is 0.322. The first-order valence-corrected chi connectivity index (χ1v) is 7.69. The number of nitrogens with zero attached hydrogens (tertiary/aromatic N) is 1. The van der Waals surface area contributed by atoms with Crippen LogP contribution in [0.1, 0.15) is 72.1 Å².